The molecule has 1 aliphatic rings. The van der Waals surface area contributed by atoms with Gasteiger partial charge in [-0.1, -0.05) is 0 Å². The lowest BCUT2D eigenvalue weighted by Gasteiger charge is -2.34. The summed E-state index contributed by atoms with van der Waals surface area (Å²) in [5.74, 6) is -0.296. The summed E-state index contributed by atoms with van der Waals surface area (Å²) in [7, 11) is 1.57. The number of nitrogens with one attached hydrogen (secondary N) is 1. The molecule has 0 spiro atoms. The predicted octanol–water partition coefficient (Wildman–Crippen LogP) is -0.913. The number of ether oxygens (including phenoxy) is 1. The summed E-state index contributed by atoms with van der Waals surface area (Å²) >= 11 is 0. The van der Waals surface area contributed by atoms with Gasteiger partial charge in [0.05, 0.1) is 12.6 Å². The Bertz CT molecular complexity index is 283. The molecule has 1 rings (SSSR count). The SMILES string of the molecule is COCCNC(=O)[C@H](C)N1CCC[C@@H](N)C1=O. The molecule has 1 fully saturated rings. The first-order chi connectivity index (χ1) is 8.07. The normalized spacial score (nSPS) is 22.4. The number of likely N-dealkylation sites (tertiary alicyclic amines) is 1. The molecule has 0 aliphatic carbocycles. The lowest BCUT2D eigenvalue weighted by molar-refractivity contribution is -0.143. The van der Waals surface area contributed by atoms with E-state index in [1.54, 1.807) is 18.9 Å². The molecule has 0 aromatic carbocycles. The van der Waals surface area contributed by atoms with E-state index in [-0.39, 0.29) is 11.8 Å². The average Bonchev–Trinajstić information content (AvgIpc) is 2.32. The zero-order valence-electron chi connectivity index (χ0n) is 10.4. The van der Waals surface area contributed by atoms with Gasteiger partial charge in [-0.05, 0) is 19.8 Å². The lowest BCUT2D eigenvalue weighted by atomic mass is 10.0. The Morgan fingerprint density at radius 1 is 1.71 bits per heavy atom. The molecule has 6 heteroatoms. The summed E-state index contributed by atoms with van der Waals surface area (Å²) < 4.78 is 4.84. The van der Waals surface area contributed by atoms with Crippen molar-refractivity contribution >= 4 is 11.8 Å². The van der Waals surface area contributed by atoms with Gasteiger partial charge in [0.1, 0.15) is 6.04 Å². The van der Waals surface area contributed by atoms with Gasteiger partial charge in [-0.2, -0.15) is 0 Å². The molecule has 2 amide bonds. The zero-order valence-corrected chi connectivity index (χ0v) is 10.4. The van der Waals surface area contributed by atoms with Gasteiger partial charge >= 0.3 is 0 Å². The van der Waals surface area contributed by atoms with E-state index in [1.807, 2.05) is 0 Å². The molecule has 0 aromatic heterocycles. The van der Waals surface area contributed by atoms with Gasteiger partial charge in [0.2, 0.25) is 11.8 Å². The summed E-state index contributed by atoms with van der Waals surface area (Å²) in [5, 5.41) is 2.72. The molecule has 6 nitrogen and oxygen atoms in total. The number of methoxy groups -OCH3 is 1. The first-order valence-electron chi connectivity index (χ1n) is 5.90. The number of rotatable bonds is 5. The van der Waals surface area contributed by atoms with Crippen molar-refractivity contribution in [2.45, 2.75) is 31.8 Å². The highest BCUT2D eigenvalue weighted by Crippen LogP contribution is 2.13. The smallest absolute Gasteiger partial charge is 0.242 e. The molecule has 1 saturated heterocycles. The van der Waals surface area contributed by atoms with E-state index in [0.717, 1.165) is 6.42 Å². The third-order valence-corrected chi connectivity index (χ3v) is 2.97. The Morgan fingerprint density at radius 3 is 3.06 bits per heavy atom. The van der Waals surface area contributed by atoms with Crippen molar-refractivity contribution in [3.8, 4) is 0 Å². The lowest BCUT2D eigenvalue weighted by Crippen LogP contribution is -2.56. The van der Waals surface area contributed by atoms with Gasteiger partial charge < -0.3 is 20.7 Å². The number of amides is 2. The largest absolute Gasteiger partial charge is 0.383 e. The van der Waals surface area contributed by atoms with Crippen LogP contribution in [0.2, 0.25) is 0 Å². The quantitative estimate of drug-likeness (QED) is 0.612. The maximum absolute atomic E-state index is 11.8. The van der Waals surface area contributed by atoms with Gasteiger partial charge in [0.25, 0.3) is 0 Å². The molecular formula is C11H21N3O3. The van der Waals surface area contributed by atoms with Gasteiger partial charge in [-0.25, -0.2) is 0 Å². The van der Waals surface area contributed by atoms with Crippen LogP contribution < -0.4 is 11.1 Å². The highest BCUT2D eigenvalue weighted by molar-refractivity contribution is 5.89. The minimum absolute atomic E-state index is 0.134. The Balaban J connectivity index is 2.47. The van der Waals surface area contributed by atoms with Crippen molar-refractivity contribution in [3.05, 3.63) is 0 Å². The molecule has 98 valence electrons. The van der Waals surface area contributed by atoms with Crippen LogP contribution in [0.25, 0.3) is 0 Å². The van der Waals surface area contributed by atoms with Crippen molar-refractivity contribution in [1.29, 1.82) is 0 Å². The predicted molar refractivity (Wildman–Crippen MR) is 63.3 cm³/mol. The van der Waals surface area contributed by atoms with E-state index < -0.39 is 12.1 Å². The van der Waals surface area contributed by atoms with E-state index in [1.165, 1.54) is 0 Å². The maximum Gasteiger partial charge on any atom is 0.242 e. The van der Waals surface area contributed by atoms with Crippen LogP contribution in [0.4, 0.5) is 0 Å². The highest BCUT2D eigenvalue weighted by Gasteiger charge is 2.31. The standard InChI is InChI=1S/C11H21N3O3/c1-8(10(15)13-5-7-17-2)14-6-3-4-9(12)11(14)16/h8-9H,3-7,12H2,1-2H3,(H,13,15)/t8-,9+/m0/s1. The van der Waals surface area contributed by atoms with E-state index in [4.69, 9.17) is 10.5 Å². The molecule has 0 radical (unpaired) electrons. The number of hydrogen-bond donors (Lipinski definition) is 2. The molecule has 0 unspecified atom stereocenters. The summed E-state index contributed by atoms with van der Waals surface area (Å²) in [6, 6.07) is -0.927. The molecule has 0 aromatic rings. The van der Waals surface area contributed by atoms with Gasteiger partial charge in [0.15, 0.2) is 0 Å². The van der Waals surface area contributed by atoms with Gasteiger partial charge in [-0.15, -0.1) is 0 Å². The highest BCUT2D eigenvalue weighted by atomic mass is 16.5. The molecule has 2 atom stereocenters. The second-order valence-electron chi connectivity index (χ2n) is 4.24. The fourth-order valence-electron chi connectivity index (χ4n) is 1.88. The zero-order chi connectivity index (χ0) is 12.8. The Hall–Kier alpha value is -1.14. The molecule has 3 N–H and O–H groups in total. The van der Waals surface area contributed by atoms with E-state index in [9.17, 15) is 9.59 Å². The van der Waals surface area contributed by atoms with Crippen LogP contribution in [0, 0.1) is 0 Å². The number of carbonyl (C=O) groups is 2. The first-order valence-corrected chi connectivity index (χ1v) is 5.90. The van der Waals surface area contributed by atoms with Crippen molar-refractivity contribution in [2.24, 2.45) is 5.73 Å². The summed E-state index contributed by atoms with van der Waals surface area (Å²) in [4.78, 5) is 25.1. The van der Waals surface area contributed by atoms with Crippen molar-refractivity contribution < 1.29 is 14.3 Å². The third kappa shape index (κ3) is 3.67. The number of hydrogen-bond acceptors (Lipinski definition) is 4. The molecule has 17 heavy (non-hydrogen) atoms. The minimum Gasteiger partial charge on any atom is -0.383 e. The topological polar surface area (TPSA) is 84.7 Å². The third-order valence-electron chi connectivity index (χ3n) is 2.97. The van der Waals surface area contributed by atoms with Crippen molar-refractivity contribution in [2.75, 3.05) is 26.8 Å². The van der Waals surface area contributed by atoms with Crippen molar-refractivity contribution in [3.63, 3.8) is 0 Å². The van der Waals surface area contributed by atoms with Crippen LogP contribution in [0.15, 0.2) is 0 Å². The average molecular weight is 243 g/mol. The van der Waals surface area contributed by atoms with Gasteiger partial charge in [0, 0.05) is 20.2 Å². The van der Waals surface area contributed by atoms with Crippen molar-refractivity contribution in [1.82, 2.24) is 10.2 Å². The number of carbonyl (C=O) groups excluding carboxylic acids is 2. The summed E-state index contributed by atoms with van der Waals surface area (Å²) in [5.41, 5.74) is 5.69. The van der Waals surface area contributed by atoms with E-state index >= 15 is 0 Å². The molecule has 1 heterocycles. The molecule has 0 bridgehead atoms. The first kappa shape index (κ1) is 13.9. The van der Waals surface area contributed by atoms with Crippen LogP contribution in [0.1, 0.15) is 19.8 Å². The molecule has 0 saturated carbocycles. The van der Waals surface area contributed by atoms with Crippen LogP contribution in [-0.2, 0) is 14.3 Å². The fraction of sp³-hybridized carbons (Fsp3) is 0.818. The monoisotopic (exact) mass is 243 g/mol. The number of piperidine rings is 1. The fourth-order valence-corrected chi connectivity index (χ4v) is 1.88. The van der Waals surface area contributed by atoms with Crippen LogP contribution >= 0.6 is 0 Å². The molecular weight excluding hydrogens is 222 g/mol. The van der Waals surface area contributed by atoms with E-state index in [2.05, 4.69) is 5.32 Å². The Kier molecular flexibility index (Phi) is 5.37. The van der Waals surface area contributed by atoms with E-state index in [0.29, 0.717) is 26.1 Å². The van der Waals surface area contributed by atoms with Crippen LogP contribution in [0.5, 0.6) is 0 Å². The second kappa shape index (κ2) is 6.56. The van der Waals surface area contributed by atoms with Crippen LogP contribution in [-0.4, -0.2) is 55.6 Å². The Morgan fingerprint density at radius 2 is 2.41 bits per heavy atom. The number of nitrogens with zero attached hydrogens (tertiary/aromatic N) is 1. The summed E-state index contributed by atoms with van der Waals surface area (Å²) in [6.07, 6.45) is 1.55. The summed E-state index contributed by atoms with van der Waals surface area (Å²) in [6.45, 7) is 3.24. The maximum atomic E-state index is 11.8. The number of nitrogens with two attached hydrogens (primary N) is 1. The minimum atomic E-state index is -0.467. The molecule has 1 aliphatic heterocycles. The van der Waals surface area contributed by atoms with Crippen LogP contribution in [0.3, 0.4) is 0 Å². The van der Waals surface area contributed by atoms with Gasteiger partial charge in [-0.3, -0.25) is 9.59 Å². The Labute approximate surface area is 101 Å². The second-order valence-corrected chi connectivity index (χ2v) is 4.24.